The Kier molecular flexibility index (Phi) is 3.69. The predicted molar refractivity (Wildman–Crippen MR) is 58.9 cm³/mol. The van der Waals surface area contributed by atoms with Crippen molar-refractivity contribution in [2.75, 3.05) is 5.33 Å². The number of rotatable bonds is 3. The number of aryl methyl sites for hydroxylation is 1. The van der Waals surface area contributed by atoms with Crippen LogP contribution in [-0.2, 0) is 13.6 Å². The molecule has 0 aliphatic carbocycles. The summed E-state index contributed by atoms with van der Waals surface area (Å²) in [4.78, 5) is 22.7. The van der Waals surface area contributed by atoms with E-state index in [0.717, 1.165) is 5.33 Å². The molecule has 1 aromatic rings. The highest BCUT2D eigenvalue weighted by Crippen LogP contribution is 2.01. The van der Waals surface area contributed by atoms with E-state index < -0.39 is 11.1 Å². The van der Waals surface area contributed by atoms with Gasteiger partial charge in [0.2, 0.25) is 0 Å². The van der Waals surface area contributed by atoms with Crippen molar-refractivity contribution in [1.29, 1.82) is 0 Å². The van der Waals surface area contributed by atoms with Gasteiger partial charge >= 0.3 is 11.1 Å². The number of aromatic nitrogens is 2. The second-order valence-corrected chi connectivity index (χ2v) is 4.08. The van der Waals surface area contributed by atoms with Gasteiger partial charge in [-0.15, -0.1) is 0 Å². The lowest BCUT2D eigenvalue weighted by Gasteiger charge is -2.10. The standard InChI is InChI=1S/C9H13BrN2O2/c1-7(5-10)6-12-4-3-11(2)8(13)9(12)14/h3-4,7H,5-6H2,1-2H3. The van der Waals surface area contributed by atoms with Crippen LogP contribution in [0.15, 0.2) is 22.0 Å². The molecule has 78 valence electrons. The van der Waals surface area contributed by atoms with Crippen molar-refractivity contribution in [3.63, 3.8) is 0 Å². The summed E-state index contributed by atoms with van der Waals surface area (Å²) in [5.41, 5.74) is -0.933. The zero-order chi connectivity index (χ0) is 10.7. The van der Waals surface area contributed by atoms with E-state index in [4.69, 9.17) is 0 Å². The zero-order valence-electron chi connectivity index (χ0n) is 8.24. The Bertz CT molecular complexity index is 422. The van der Waals surface area contributed by atoms with Crippen LogP contribution in [0, 0.1) is 5.92 Å². The van der Waals surface area contributed by atoms with E-state index in [1.807, 2.05) is 6.92 Å². The van der Waals surface area contributed by atoms with Crippen molar-refractivity contribution in [1.82, 2.24) is 9.13 Å². The number of hydrogen-bond donors (Lipinski definition) is 0. The van der Waals surface area contributed by atoms with E-state index >= 15 is 0 Å². The van der Waals surface area contributed by atoms with Gasteiger partial charge in [0.05, 0.1) is 0 Å². The molecule has 5 heteroatoms. The molecule has 0 bridgehead atoms. The van der Waals surface area contributed by atoms with Crippen molar-refractivity contribution >= 4 is 15.9 Å². The van der Waals surface area contributed by atoms with Gasteiger partial charge in [-0.25, -0.2) is 0 Å². The Labute approximate surface area is 90.3 Å². The molecule has 0 aliphatic rings. The van der Waals surface area contributed by atoms with Crippen LogP contribution in [0.25, 0.3) is 0 Å². The first-order valence-electron chi connectivity index (χ1n) is 4.38. The monoisotopic (exact) mass is 260 g/mol. The molecule has 0 aromatic carbocycles. The normalized spacial score (nSPS) is 12.8. The van der Waals surface area contributed by atoms with Crippen molar-refractivity contribution in [3.8, 4) is 0 Å². The lowest BCUT2D eigenvalue weighted by Crippen LogP contribution is -2.40. The Morgan fingerprint density at radius 2 is 2.00 bits per heavy atom. The predicted octanol–water partition coefficient (Wildman–Crippen LogP) is 0.578. The molecule has 4 nitrogen and oxygen atoms in total. The SMILES string of the molecule is CC(CBr)Cn1ccn(C)c(=O)c1=O. The largest absolute Gasteiger partial charge is 0.316 e. The molecule has 0 fully saturated rings. The molecule has 14 heavy (non-hydrogen) atoms. The Morgan fingerprint density at radius 3 is 2.57 bits per heavy atom. The second kappa shape index (κ2) is 4.59. The number of alkyl halides is 1. The Morgan fingerprint density at radius 1 is 1.36 bits per heavy atom. The molecule has 0 spiro atoms. The van der Waals surface area contributed by atoms with Crippen LogP contribution in [-0.4, -0.2) is 14.5 Å². The van der Waals surface area contributed by atoms with Gasteiger partial charge in [0.1, 0.15) is 0 Å². The summed E-state index contributed by atoms with van der Waals surface area (Å²) in [5, 5.41) is 0.814. The first-order chi connectivity index (χ1) is 6.56. The minimum Gasteiger partial charge on any atom is -0.312 e. The van der Waals surface area contributed by atoms with E-state index in [2.05, 4.69) is 15.9 Å². The second-order valence-electron chi connectivity index (χ2n) is 3.43. The number of nitrogens with zero attached hydrogens (tertiary/aromatic N) is 2. The number of halogens is 1. The van der Waals surface area contributed by atoms with Gasteiger partial charge in [-0.2, -0.15) is 0 Å². The lowest BCUT2D eigenvalue weighted by atomic mass is 10.2. The minimum atomic E-state index is -0.478. The fourth-order valence-corrected chi connectivity index (χ4v) is 1.32. The Hall–Kier alpha value is -0.840. The highest BCUT2D eigenvalue weighted by Gasteiger charge is 2.05. The molecule has 0 radical (unpaired) electrons. The highest BCUT2D eigenvalue weighted by atomic mass is 79.9. The number of hydrogen-bond acceptors (Lipinski definition) is 2. The van der Waals surface area contributed by atoms with Crippen LogP contribution < -0.4 is 11.1 Å². The molecule has 1 heterocycles. The molecule has 1 rings (SSSR count). The Balaban J connectivity index is 3.07. The van der Waals surface area contributed by atoms with Gasteiger partial charge < -0.3 is 9.13 Å². The first kappa shape index (κ1) is 11.2. The maximum absolute atomic E-state index is 11.5. The van der Waals surface area contributed by atoms with Crippen molar-refractivity contribution in [3.05, 3.63) is 33.1 Å². The molecular weight excluding hydrogens is 248 g/mol. The molecule has 0 amide bonds. The third-order valence-electron chi connectivity index (χ3n) is 2.01. The molecule has 0 saturated carbocycles. The maximum Gasteiger partial charge on any atom is 0.316 e. The van der Waals surface area contributed by atoms with Gasteiger partial charge in [-0.3, -0.25) is 9.59 Å². The third-order valence-corrected chi connectivity index (χ3v) is 3.11. The summed E-state index contributed by atoms with van der Waals surface area (Å²) in [5.74, 6) is 0.333. The summed E-state index contributed by atoms with van der Waals surface area (Å²) in [6.45, 7) is 2.58. The minimum absolute atomic E-state index is 0.333. The van der Waals surface area contributed by atoms with Gasteiger partial charge in [-0.05, 0) is 5.92 Å². The molecule has 0 saturated heterocycles. The summed E-state index contributed by atoms with van der Waals surface area (Å²) in [6.07, 6.45) is 3.24. The van der Waals surface area contributed by atoms with Crippen LogP contribution in [0.2, 0.25) is 0 Å². The van der Waals surface area contributed by atoms with E-state index in [0.29, 0.717) is 12.5 Å². The molecular formula is C9H13BrN2O2. The van der Waals surface area contributed by atoms with Crippen LogP contribution in [0.4, 0.5) is 0 Å². The summed E-state index contributed by atoms with van der Waals surface area (Å²) in [7, 11) is 1.57. The molecule has 1 aromatic heterocycles. The van der Waals surface area contributed by atoms with E-state index in [1.54, 1.807) is 19.4 Å². The fraction of sp³-hybridized carbons (Fsp3) is 0.556. The third kappa shape index (κ3) is 2.35. The average molecular weight is 261 g/mol. The van der Waals surface area contributed by atoms with Crippen molar-refractivity contribution in [2.45, 2.75) is 13.5 Å². The molecule has 1 atom stereocenters. The van der Waals surface area contributed by atoms with Crippen LogP contribution >= 0.6 is 15.9 Å². The van der Waals surface area contributed by atoms with Gasteiger partial charge in [-0.1, -0.05) is 22.9 Å². The van der Waals surface area contributed by atoms with Crippen molar-refractivity contribution < 1.29 is 0 Å². The topological polar surface area (TPSA) is 44.0 Å². The van der Waals surface area contributed by atoms with Crippen LogP contribution in [0.5, 0.6) is 0 Å². The lowest BCUT2D eigenvalue weighted by molar-refractivity contribution is 0.510. The summed E-state index contributed by atoms with van der Waals surface area (Å²) < 4.78 is 2.74. The van der Waals surface area contributed by atoms with E-state index in [-0.39, 0.29) is 0 Å². The van der Waals surface area contributed by atoms with Crippen LogP contribution in [0.1, 0.15) is 6.92 Å². The zero-order valence-corrected chi connectivity index (χ0v) is 9.82. The van der Waals surface area contributed by atoms with E-state index in [9.17, 15) is 9.59 Å². The average Bonchev–Trinajstić information content (AvgIpc) is 2.19. The van der Waals surface area contributed by atoms with Gasteiger partial charge in [0, 0.05) is 31.3 Å². The first-order valence-corrected chi connectivity index (χ1v) is 5.50. The molecule has 0 N–H and O–H groups in total. The highest BCUT2D eigenvalue weighted by molar-refractivity contribution is 9.09. The fourth-order valence-electron chi connectivity index (χ4n) is 1.12. The van der Waals surface area contributed by atoms with Gasteiger partial charge in [0.25, 0.3) is 0 Å². The van der Waals surface area contributed by atoms with E-state index in [1.165, 1.54) is 9.13 Å². The smallest absolute Gasteiger partial charge is 0.312 e. The van der Waals surface area contributed by atoms with Crippen molar-refractivity contribution in [2.24, 2.45) is 13.0 Å². The van der Waals surface area contributed by atoms with Gasteiger partial charge in [0.15, 0.2) is 0 Å². The quantitative estimate of drug-likeness (QED) is 0.590. The maximum atomic E-state index is 11.5. The molecule has 0 aliphatic heterocycles. The molecule has 1 unspecified atom stereocenters. The summed E-state index contributed by atoms with van der Waals surface area (Å²) >= 11 is 3.33. The van der Waals surface area contributed by atoms with Crippen LogP contribution in [0.3, 0.4) is 0 Å². The summed E-state index contributed by atoms with van der Waals surface area (Å²) in [6, 6.07) is 0.